The first-order valence-electron chi connectivity index (χ1n) is 5.72. The molecule has 0 radical (unpaired) electrons. The maximum Gasteiger partial charge on any atom is 0.138 e. The van der Waals surface area contributed by atoms with Gasteiger partial charge in [-0.25, -0.2) is 0 Å². The van der Waals surface area contributed by atoms with Gasteiger partial charge in [0.1, 0.15) is 11.4 Å². The van der Waals surface area contributed by atoms with Crippen LogP contribution in [0.4, 0.5) is 5.69 Å². The first-order valence-corrected chi connectivity index (χ1v) is 6.79. The maximum absolute atomic E-state index is 9.72. The summed E-state index contributed by atoms with van der Waals surface area (Å²) in [7, 11) is 0. The molecule has 0 spiro atoms. The molecule has 0 aliphatic rings. The van der Waals surface area contributed by atoms with Crippen molar-refractivity contribution in [3.63, 3.8) is 0 Å². The molecule has 0 unspecified atom stereocenters. The van der Waals surface area contributed by atoms with Crippen molar-refractivity contribution < 1.29 is 5.11 Å². The molecule has 2 N–H and O–H groups in total. The number of halogens is 1. The zero-order chi connectivity index (χ0) is 13.1. The number of aromatic hydroxyl groups is 1. The molecule has 1 aromatic carbocycles. The number of benzene rings is 1. The number of nitrogens with zero attached hydrogens (tertiary/aromatic N) is 1. The van der Waals surface area contributed by atoms with Gasteiger partial charge in [0.15, 0.2) is 0 Å². The smallest absolute Gasteiger partial charge is 0.138 e. The second kappa shape index (κ2) is 5.56. The molecule has 94 valence electrons. The quantitative estimate of drug-likeness (QED) is 0.828. The minimum atomic E-state index is 0.233. The van der Waals surface area contributed by atoms with E-state index in [0.29, 0.717) is 12.2 Å². The van der Waals surface area contributed by atoms with E-state index in [1.807, 2.05) is 13.0 Å². The lowest BCUT2D eigenvalue weighted by Gasteiger charge is -2.10. The van der Waals surface area contributed by atoms with Gasteiger partial charge < -0.3 is 10.4 Å². The van der Waals surface area contributed by atoms with E-state index in [2.05, 4.69) is 51.9 Å². The molecule has 1 heterocycles. The van der Waals surface area contributed by atoms with Crippen LogP contribution < -0.4 is 5.32 Å². The summed E-state index contributed by atoms with van der Waals surface area (Å²) in [6, 6.07) is 9.70. The van der Waals surface area contributed by atoms with E-state index in [-0.39, 0.29) is 5.75 Å². The van der Waals surface area contributed by atoms with Crippen LogP contribution in [-0.2, 0) is 6.54 Å². The third kappa shape index (κ3) is 3.13. The highest BCUT2D eigenvalue weighted by molar-refractivity contribution is 14.1. The minimum Gasteiger partial charge on any atom is -0.506 e. The second-order valence-electron chi connectivity index (χ2n) is 4.23. The monoisotopic (exact) mass is 354 g/mol. The van der Waals surface area contributed by atoms with E-state index in [9.17, 15) is 5.11 Å². The van der Waals surface area contributed by atoms with E-state index in [0.717, 1.165) is 11.4 Å². The number of hydrogen-bond donors (Lipinski definition) is 2. The fraction of sp³-hybridized carbons (Fsp3) is 0.214. The summed E-state index contributed by atoms with van der Waals surface area (Å²) in [4.78, 5) is 4.32. The Morgan fingerprint density at radius 1 is 1.22 bits per heavy atom. The Balaban J connectivity index is 2.13. The predicted molar refractivity (Wildman–Crippen MR) is 81.9 cm³/mol. The van der Waals surface area contributed by atoms with Crippen molar-refractivity contribution >= 4 is 28.3 Å². The van der Waals surface area contributed by atoms with Crippen LogP contribution in [0.15, 0.2) is 30.3 Å². The lowest BCUT2D eigenvalue weighted by molar-refractivity contribution is 0.464. The van der Waals surface area contributed by atoms with Crippen LogP contribution in [0.25, 0.3) is 0 Å². The van der Waals surface area contributed by atoms with Gasteiger partial charge in [-0.2, -0.15) is 0 Å². The summed E-state index contributed by atoms with van der Waals surface area (Å²) in [6.07, 6.45) is 0. The molecule has 1 aromatic heterocycles. The largest absolute Gasteiger partial charge is 0.506 e. The van der Waals surface area contributed by atoms with Crippen molar-refractivity contribution in [3.8, 4) is 5.75 Å². The summed E-state index contributed by atoms with van der Waals surface area (Å²) in [6.45, 7) is 4.50. The van der Waals surface area contributed by atoms with Gasteiger partial charge >= 0.3 is 0 Å². The first kappa shape index (κ1) is 13.1. The zero-order valence-electron chi connectivity index (χ0n) is 10.4. The molecular weight excluding hydrogens is 339 g/mol. The van der Waals surface area contributed by atoms with Gasteiger partial charge in [-0.1, -0.05) is 0 Å². The molecule has 18 heavy (non-hydrogen) atoms. The Kier molecular flexibility index (Phi) is 4.06. The number of nitrogens with one attached hydrogen (secondary N) is 1. The van der Waals surface area contributed by atoms with Crippen molar-refractivity contribution in [2.24, 2.45) is 0 Å². The molecule has 3 nitrogen and oxygen atoms in total. The van der Waals surface area contributed by atoms with Crippen LogP contribution in [0.2, 0.25) is 0 Å². The highest BCUT2D eigenvalue weighted by Gasteiger charge is 2.04. The van der Waals surface area contributed by atoms with Gasteiger partial charge in [0, 0.05) is 15.0 Å². The summed E-state index contributed by atoms with van der Waals surface area (Å²) in [5.74, 6) is 0.233. The maximum atomic E-state index is 9.72. The van der Waals surface area contributed by atoms with Gasteiger partial charge in [0.05, 0.1) is 6.54 Å². The number of aromatic nitrogens is 1. The molecule has 0 saturated heterocycles. The lowest BCUT2D eigenvalue weighted by Crippen LogP contribution is -2.04. The molecule has 0 bridgehead atoms. The average molecular weight is 354 g/mol. The second-order valence-corrected chi connectivity index (χ2v) is 5.48. The van der Waals surface area contributed by atoms with E-state index >= 15 is 0 Å². The third-order valence-corrected chi connectivity index (χ3v) is 3.40. The fourth-order valence-electron chi connectivity index (χ4n) is 1.74. The Morgan fingerprint density at radius 2 is 2.00 bits per heavy atom. The molecule has 0 aliphatic heterocycles. The van der Waals surface area contributed by atoms with Crippen molar-refractivity contribution in [2.45, 2.75) is 20.4 Å². The van der Waals surface area contributed by atoms with Crippen molar-refractivity contribution in [2.75, 3.05) is 5.32 Å². The first-order chi connectivity index (χ1) is 8.56. The van der Waals surface area contributed by atoms with Crippen LogP contribution >= 0.6 is 22.6 Å². The fourth-order valence-corrected chi connectivity index (χ4v) is 2.38. The minimum absolute atomic E-state index is 0.233. The molecular formula is C14H15IN2O. The van der Waals surface area contributed by atoms with Crippen molar-refractivity contribution in [3.05, 3.63) is 50.9 Å². The van der Waals surface area contributed by atoms with Gasteiger partial charge in [-0.05, 0) is 72.3 Å². The van der Waals surface area contributed by atoms with Crippen LogP contribution in [0.1, 0.15) is 17.0 Å². The van der Waals surface area contributed by atoms with Crippen LogP contribution in [0.5, 0.6) is 5.75 Å². The summed E-state index contributed by atoms with van der Waals surface area (Å²) in [5.41, 5.74) is 3.84. The zero-order valence-corrected chi connectivity index (χ0v) is 12.5. The molecule has 0 saturated carbocycles. The normalized spacial score (nSPS) is 10.4. The van der Waals surface area contributed by atoms with E-state index in [1.165, 1.54) is 9.13 Å². The standard InChI is InChI=1S/C14H15IN2O/c1-9-7-11(15)4-5-12(9)16-8-13-14(18)6-3-10(2)17-13/h3-7,16,18H,8H2,1-2H3. The van der Waals surface area contributed by atoms with Crippen molar-refractivity contribution in [1.29, 1.82) is 0 Å². The van der Waals surface area contributed by atoms with E-state index in [1.54, 1.807) is 12.1 Å². The molecule has 0 amide bonds. The summed E-state index contributed by atoms with van der Waals surface area (Å²) in [5, 5.41) is 13.0. The van der Waals surface area contributed by atoms with Gasteiger partial charge in [-0.3, -0.25) is 4.98 Å². The lowest BCUT2D eigenvalue weighted by atomic mass is 10.2. The number of hydrogen-bond acceptors (Lipinski definition) is 3. The third-order valence-electron chi connectivity index (χ3n) is 2.72. The average Bonchev–Trinajstić information content (AvgIpc) is 2.32. The highest BCUT2D eigenvalue weighted by atomic mass is 127. The number of anilines is 1. The number of pyridine rings is 1. The Morgan fingerprint density at radius 3 is 2.72 bits per heavy atom. The van der Waals surface area contributed by atoms with Crippen LogP contribution in [0.3, 0.4) is 0 Å². The predicted octanol–water partition coefficient (Wildman–Crippen LogP) is 3.62. The Bertz CT molecular complexity index is 570. The SMILES string of the molecule is Cc1ccc(O)c(CNc2ccc(I)cc2C)n1. The number of rotatable bonds is 3. The van der Waals surface area contributed by atoms with E-state index in [4.69, 9.17) is 0 Å². The van der Waals surface area contributed by atoms with Crippen LogP contribution in [-0.4, -0.2) is 10.1 Å². The molecule has 2 rings (SSSR count). The number of aryl methyl sites for hydroxylation is 2. The molecule has 0 atom stereocenters. The van der Waals surface area contributed by atoms with Gasteiger partial charge in [0.25, 0.3) is 0 Å². The van der Waals surface area contributed by atoms with Gasteiger partial charge in [0.2, 0.25) is 0 Å². The Hall–Kier alpha value is -1.30. The van der Waals surface area contributed by atoms with Crippen LogP contribution in [0, 0.1) is 17.4 Å². The molecule has 2 aromatic rings. The topological polar surface area (TPSA) is 45.1 Å². The van der Waals surface area contributed by atoms with Gasteiger partial charge in [-0.15, -0.1) is 0 Å². The molecule has 0 aliphatic carbocycles. The molecule has 4 heteroatoms. The summed E-state index contributed by atoms with van der Waals surface area (Å²) >= 11 is 2.29. The Labute approximate surface area is 120 Å². The summed E-state index contributed by atoms with van der Waals surface area (Å²) < 4.78 is 1.21. The highest BCUT2D eigenvalue weighted by Crippen LogP contribution is 2.20. The molecule has 0 fully saturated rings. The van der Waals surface area contributed by atoms with E-state index < -0.39 is 0 Å². The van der Waals surface area contributed by atoms with Crippen molar-refractivity contribution in [1.82, 2.24) is 4.98 Å².